The topological polar surface area (TPSA) is 79.2 Å². The zero-order valence-electron chi connectivity index (χ0n) is 20.6. The number of aliphatic hydroxyl groups is 1. The number of aliphatic carboxylic acids is 1. The van der Waals surface area contributed by atoms with Crippen molar-refractivity contribution >= 4 is 17.6 Å². The molecule has 7 heteroatoms. The fourth-order valence-corrected chi connectivity index (χ4v) is 5.49. The highest BCUT2D eigenvalue weighted by Crippen LogP contribution is 2.37. The zero-order chi connectivity index (χ0) is 25.3. The van der Waals surface area contributed by atoms with Crippen molar-refractivity contribution in [1.82, 2.24) is 4.90 Å². The summed E-state index contributed by atoms with van der Waals surface area (Å²) in [5, 5.41) is 20.6. The number of rotatable bonds is 11. The molecule has 2 aromatic carbocycles. The van der Waals surface area contributed by atoms with Gasteiger partial charge in [0.05, 0.1) is 32.0 Å². The molecular formula is C29H36ClNO5. The molecule has 1 saturated heterocycles. The third kappa shape index (κ3) is 7.40. The third-order valence-corrected chi connectivity index (χ3v) is 7.46. The molecule has 2 fully saturated rings. The van der Waals surface area contributed by atoms with Crippen LogP contribution in [0, 0.1) is 5.92 Å². The van der Waals surface area contributed by atoms with Gasteiger partial charge in [0.1, 0.15) is 0 Å². The lowest BCUT2D eigenvalue weighted by Gasteiger charge is -2.38. The molecule has 1 heterocycles. The van der Waals surface area contributed by atoms with Crippen LogP contribution in [-0.4, -0.2) is 65.6 Å². The van der Waals surface area contributed by atoms with Crippen molar-refractivity contribution in [2.24, 2.45) is 5.92 Å². The summed E-state index contributed by atoms with van der Waals surface area (Å²) in [6, 6.07) is 16.3. The summed E-state index contributed by atoms with van der Waals surface area (Å²) in [4.78, 5) is 13.1. The number of hydrogen-bond acceptors (Lipinski definition) is 5. The lowest BCUT2D eigenvalue weighted by molar-refractivity contribution is -0.136. The van der Waals surface area contributed by atoms with Crippen LogP contribution >= 0.6 is 11.6 Å². The molecule has 2 N–H and O–H groups in total. The molecule has 0 amide bonds. The van der Waals surface area contributed by atoms with Crippen molar-refractivity contribution in [2.75, 3.05) is 26.3 Å². The molecule has 1 aliphatic carbocycles. The molecule has 36 heavy (non-hydrogen) atoms. The Morgan fingerprint density at radius 3 is 2.33 bits per heavy atom. The lowest BCUT2D eigenvalue weighted by Crippen LogP contribution is -2.50. The number of halogens is 1. The molecule has 4 atom stereocenters. The van der Waals surface area contributed by atoms with E-state index in [2.05, 4.69) is 35.2 Å². The predicted molar refractivity (Wildman–Crippen MR) is 141 cm³/mol. The summed E-state index contributed by atoms with van der Waals surface area (Å²) < 4.78 is 12.0. The number of aliphatic hydroxyl groups excluding tert-OH is 1. The molecule has 0 radical (unpaired) electrons. The first-order valence-corrected chi connectivity index (χ1v) is 13.2. The van der Waals surface area contributed by atoms with E-state index in [9.17, 15) is 9.90 Å². The van der Waals surface area contributed by atoms with E-state index >= 15 is 0 Å². The van der Waals surface area contributed by atoms with Gasteiger partial charge in [-0.25, -0.2) is 0 Å². The fraction of sp³-hybridized carbons (Fsp3) is 0.483. The first kappa shape index (κ1) is 26.8. The predicted octanol–water partition coefficient (Wildman–Crippen LogP) is 5.18. The molecule has 194 valence electrons. The van der Waals surface area contributed by atoms with Gasteiger partial charge in [0.15, 0.2) is 0 Å². The summed E-state index contributed by atoms with van der Waals surface area (Å²) in [7, 11) is 0. The van der Waals surface area contributed by atoms with Crippen molar-refractivity contribution in [3.63, 3.8) is 0 Å². The van der Waals surface area contributed by atoms with Gasteiger partial charge in [-0.15, -0.1) is 0 Å². The number of carboxylic acid groups (broad SMARTS) is 1. The van der Waals surface area contributed by atoms with E-state index in [0.29, 0.717) is 32.7 Å². The highest BCUT2D eigenvalue weighted by molar-refractivity contribution is 6.30. The van der Waals surface area contributed by atoms with Crippen molar-refractivity contribution in [2.45, 2.75) is 57.0 Å². The minimum atomic E-state index is -0.777. The third-order valence-electron chi connectivity index (χ3n) is 7.21. The lowest BCUT2D eigenvalue weighted by atomic mass is 9.93. The summed E-state index contributed by atoms with van der Waals surface area (Å²) in [5.41, 5.74) is 3.35. The molecular weight excluding hydrogens is 478 g/mol. The van der Waals surface area contributed by atoms with Crippen LogP contribution in [0.5, 0.6) is 0 Å². The molecule has 0 aromatic heterocycles. The van der Waals surface area contributed by atoms with E-state index in [0.717, 1.165) is 47.6 Å². The van der Waals surface area contributed by atoms with Crippen LogP contribution in [0.1, 0.15) is 37.7 Å². The number of hydrogen-bond donors (Lipinski definition) is 2. The second-order valence-electron chi connectivity index (χ2n) is 9.64. The Bertz CT molecular complexity index is 988. The van der Waals surface area contributed by atoms with Gasteiger partial charge in [-0.05, 0) is 48.1 Å². The van der Waals surface area contributed by atoms with Gasteiger partial charge < -0.3 is 19.7 Å². The van der Waals surface area contributed by atoms with Crippen LogP contribution in [0.15, 0.2) is 60.7 Å². The zero-order valence-corrected chi connectivity index (χ0v) is 21.4. The fourth-order valence-electron chi connectivity index (χ4n) is 5.37. The van der Waals surface area contributed by atoms with Crippen LogP contribution in [0.25, 0.3) is 11.1 Å². The van der Waals surface area contributed by atoms with E-state index in [1.807, 2.05) is 30.3 Å². The Morgan fingerprint density at radius 1 is 1.03 bits per heavy atom. The average molecular weight is 514 g/mol. The first-order valence-electron chi connectivity index (χ1n) is 12.8. The van der Waals surface area contributed by atoms with Crippen LogP contribution in [0.4, 0.5) is 0 Å². The number of morpholine rings is 1. The maximum absolute atomic E-state index is 11.0. The van der Waals surface area contributed by atoms with Crippen molar-refractivity contribution in [3.05, 3.63) is 71.3 Å². The molecule has 4 rings (SSSR count). The Hall–Kier alpha value is -2.22. The SMILES string of the molecule is O=C(O)CCC=CCC[C@@H]1[C@@H](N2CCOCC2)[C@H](O)C[C@@H]1OCc1ccc(-c2ccc(Cl)cc2)cc1. The van der Waals surface area contributed by atoms with Gasteiger partial charge in [-0.1, -0.05) is 60.2 Å². The normalized spacial score (nSPS) is 24.9. The molecule has 1 aliphatic heterocycles. The maximum atomic E-state index is 11.0. The number of benzene rings is 2. The van der Waals surface area contributed by atoms with Gasteiger partial charge in [0.25, 0.3) is 0 Å². The molecule has 2 aromatic rings. The number of ether oxygens (including phenoxy) is 2. The average Bonchev–Trinajstić information content (AvgIpc) is 3.20. The minimum absolute atomic E-state index is 0.0313. The van der Waals surface area contributed by atoms with E-state index in [1.54, 1.807) is 0 Å². The van der Waals surface area contributed by atoms with Gasteiger partial charge in [0, 0.05) is 42.9 Å². The van der Waals surface area contributed by atoms with Gasteiger partial charge in [0.2, 0.25) is 0 Å². The molecule has 6 nitrogen and oxygen atoms in total. The molecule has 0 bridgehead atoms. The first-order chi connectivity index (χ1) is 17.5. The minimum Gasteiger partial charge on any atom is -0.481 e. The van der Waals surface area contributed by atoms with Crippen LogP contribution < -0.4 is 0 Å². The van der Waals surface area contributed by atoms with Crippen molar-refractivity contribution in [3.8, 4) is 11.1 Å². The Kier molecular flexibility index (Phi) is 9.96. The second-order valence-corrected chi connectivity index (χ2v) is 10.1. The summed E-state index contributed by atoms with van der Waals surface area (Å²) in [6.45, 7) is 3.53. The second kappa shape index (κ2) is 13.4. The van der Waals surface area contributed by atoms with Crippen LogP contribution in [-0.2, 0) is 20.9 Å². The maximum Gasteiger partial charge on any atom is 0.303 e. The smallest absolute Gasteiger partial charge is 0.303 e. The summed E-state index contributed by atoms with van der Waals surface area (Å²) in [5.74, 6) is -0.573. The Labute approximate surface area is 218 Å². The number of allylic oxidation sites excluding steroid dienone is 2. The van der Waals surface area contributed by atoms with E-state index in [4.69, 9.17) is 26.2 Å². The Morgan fingerprint density at radius 2 is 1.67 bits per heavy atom. The number of nitrogens with zero attached hydrogens (tertiary/aromatic N) is 1. The number of carboxylic acids is 1. The van der Waals surface area contributed by atoms with E-state index in [-0.39, 0.29) is 24.5 Å². The molecule has 2 aliphatic rings. The van der Waals surface area contributed by atoms with Crippen LogP contribution in [0.3, 0.4) is 0 Å². The van der Waals surface area contributed by atoms with Gasteiger partial charge in [-0.2, -0.15) is 0 Å². The van der Waals surface area contributed by atoms with E-state index < -0.39 is 12.1 Å². The highest BCUT2D eigenvalue weighted by atomic mass is 35.5. The van der Waals surface area contributed by atoms with Crippen LogP contribution in [0.2, 0.25) is 5.02 Å². The van der Waals surface area contributed by atoms with E-state index in [1.165, 1.54) is 0 Å². The van der Waals surface area contributed by atoms with Crippen molar-refractivity contribution in [1.29, 1.82) is 0 Å². The standard InChI is InChI=1S/C29H36ClNO5/c30-24-13-11-23(12-14-24)22-9-7-21(8-10-22)20-36-27-19-26(32)29(31-15-17-35-18-16-31)25(27)5-3-1-2-4-6-28(33)34/h1-2,7-14,25-27,29,32H,3-6,15-20H2,(H,33,34)/t25-,26+,27-,29+/m0/s1. The quantitative estimate of drug-likeness (QED) is 0.403. The largest absolute Gasteiger partial charge is 0.481 e. The van der Waals surface area contributed by atoms with Crippen molar-refractivity contribution < 1.29 is 24.5 Å². The monoisotopic (exact) mass is 513 g/mol. The molecule has 1 saturated carbocycles. The summed E-state index contributed by atoms with van der Waals surface area (Å²) in [6.07, 6.45) is 6.60. The Balaban J connectivity index is 1.38. The van der Waals surface area contributed by atoms with Gasteiger partial charge in [-0.3, -0.25) is 9.69 Å². The molecule has 0 spiro atoms. The highest BCUT2D eigenvalue weighted by Gasteiger charge is 2.45. The molecule has 0 unspecified atom stereocenters. The summed E-state index contributed by atoms with van der Waals surface area (Å²) >= 11 is 6.01. The van der Waals surface area contributed by atoms with Gasteiger partial charge >= 0.3 is 5.97 Å². The number of carbonyl (C=O) groups is 1.